The lowest BCUT2D eigenvalue weighted by Crippen LogP contribution is -2.30. The Morgan fingerprint density at radius 1 is 1.00 bits per heavy atom. The summed E-state index contributed by atoms with van der Waals surface area (Å²) in [5.41, 5.74) is 0.597. The van der Waals surface area contributed by atoms with Gasteiger partial charge in [0.1, 0.15) is 6.17 Å². The average Bonchev–Trinajstić information content (AvgIpc) is 3.41. The molecule has 0 amide bonds. The van der Waals surface area contributed by atoms with Gasteiger partial charge >= 0.3 is 0 Å². The fourth-order valence-electron chi connectivity index (χ4n) is 4.22. The van der Waals surface area contributed by atoms with E-state index in [1.165, 1.54) is 18.7 Å². The molecule has 1 unspecified atom stereocenters. The zero-order valence-corrected chi connectivity index (χ0v) is 14.7. The summed E-state index contributed by atoms with van der Waals surface area (Å²) < 4.78 is 111. The Morgan fingerprint density at radius 3 is 2.74 bits per heavy atom. The Balaban J connectivity index is 1.82. The molecule has 3 heterocycles. The van der Waals surface area contributed by atoms with Crippen molar-refractivity contribution in [3.63, 3.8) is 0 Å². The predicted molar refractivity (Wildman–Crippen MR) is 111 cm³/mol. The molecule has 1 atom stereocenters. The molecule has 3 aromatic carbocycles. The second-order valence-electron chi connectivity index (χ2n) is 6.95. The molecule has 0 saturated heterocycles. The first kappa shape index (κ1) is 7.20. The van der Waals surface area contributed by atoms with Gasteiger partial charge in [-0.15, -0.1) is 0 Å². The molecule has 0 aromatic heterocycles. The Labute approximate surface area is 178 Å². The minimum Gasteiger partial charge on any atom is -0.347 e. The zero-order chi connectivity index (χ0) is 29.5. The molecule has 2 nitrogen and oxygen atoms in total. The summed E-state index contributed by atoms with van der Waals surface area (Å²) in [5.74, 6) is 0. The van der Waals surface area contributed by atoms with E-state index in [9.17, 15) is 1.37 Å². The van der Waals surface area contributed by atoms with Crippen LogP contribution in [0.15, 0.2) is 60.6 Å². The van der Waals surface area contributed by atoms with Crippen molar-refractivity contribution in [3.8, 4) is 11.1 Å². The quantitative estimate of drug-likeness (QED) is 0.529. The largest absolute Gasteiger partial charge is 0.347 e. The maximum Gasteiger partial charge on any atom is 0.133 e. The zero-order valence-electron chi connectivity index (χ0n) is 27.7. The molecule has 0 spiro atoms. The monoisotopic (exact) mass is 363 g/mol. The number of benzene rings is 3. The maximum atomic E-state index is 9.22. The van der Waals surface area contributed by atoms with Gasteiger partial charge in [0.15, 0.2) is 0 Å². The smallest absolute Gasteiger partial charge is 0.133 e. The predicted octanol–water partition coefficient (Wildman–Crippen LogP) is 5.93. The van der Waals surface area contributed by atoms with Crippen molar-refractivity contribution in [2.24, 2.45) is 0 Å². The molecule has 132 valence electrons. The molecular weight excluding hydrogens is 328 g/mol. The number of fused-ring (bicyclic) bond motifs is 3. The van der Waals surface area contributed by atoms with E-state index >= 15 is 0 Å². The second kappa shape index (κ2) is 5.04. The highest BCUT2D eigenvalue weighted by Crippen LogP contribution is 2.57. The lowest BCUT2D eigenvalue weighted by atomic mass is 9.88. The van der Waals surface area contributed by atoms with E-state index in [1.54, 1.807) is 4.90 Å². The number of nitrogens with zero attached hydrogens (tertiary/aromatic N) is 2. The van der Waals surface area contributed by atoms with Gasteiger partial charge < -0.3 is 9.80 Å². The molecule has 3 aliphatic rings. The van der Waals surface area contributed by atoms with Crippen LogP contribution in [-0.2, 0) is 6.54 Å². The van der Waals surface area contributed by atoms with Crippen LogP contribution >= 0.6 is 0 Å². The van der Waals surface area contributed by atoms with E-state index in [-0.39, 0.29) is 94.2 Å². The molecule has 0 aliphatic carbocycles. The topological polar surface area (TPSA) is 6.48 Å². The van der Waals surface area contributed by atoms with Gasteiger partial charge in [0.25, 0.3) is 0 Å². The van der Waals surface area contributed by atoms with Crippen molar-refractivity contribution in [2.75, 3.05) is 4.90 Å². The summed E-state index contributed by atoms with van der Waals surface area (Å²) in [6.45, 7) is 0.0179. The third-order valence-corrected chi connectivity index (χ3v) is 5.32. The molecule has 27 heavy (non-hydrogen) atoms. The van der Waals surface area contributed by atoms with Crippen LogP contribution < -0.4 is 4.90 Å². The number of hydrogen-bond acceptors (Lipinski definition) is 2. The number of anilines is 1. The van der Waals surface area contributed by atoms with Crippen LogP contribution in [0.4, 0.5) is 5.69 Å². The summed E-state index contributed by atoms with van der Waals surface area (Å²) in [5, 5.41) is 0. The van der Waals surface area contributed by atoms with Gasteiger partial charge in [0.05, 0.1) is 25.1 Å². The van der Waals surface area contributed by atoms with Gasteiger partial charge in [-0.2, -0.15) is 0 Å². The molecule has 3 aromatic rings. The van der Waals surface area contributed by atoms with Gasteiger partial charge in [-0.3, -0.25) is 0 Å². The lowest BCUT2D eigenvalue weighted by molar-refractivity contribution is 0.334. The number of hydrogen-bond donors (Lipinski definition) is 0. The molecule has 6 rings (SSSR count). The highest BCUT2D eigenvalue weighted by molar-refractivity contribution is 5.96. The van der Waals surface area contributed by atoms with E-state index in [1.807, 2.05) is 0 Å². The summed E-state index contributed by atoms with van der Waals surface area (Å²) in [7, 11) is 0. The molecule has 0 fully saturated rings. The normalized spacial score (nSPS) is 26.1. The van der Waals surface area contributed by atoms with E-state index < -0.39 is 30.7 Å². The van der Waals surface area contributed by atoms with Crippen LogP contribution in [0.3, 0.4) is 0 Å². The van der Waals surface area contributed by atoms with Gasteiger partial charge in [-0.25, -0.2) is 0 Å². The van der Waals surface area contributed by atoms with Crippen molar-refractivity contribution >= 4 is 11.4 Å². The first-order valence-corrected chi connectivity index (χ1v) is 8.65. The van der Waals surface area contributed by atoms with Crippen molar-refractivity contribution in [2.45, 2.75) is 33.4 Å². The summed E-state index contributed by atoms with van der Waals surface area (Å²) in [4.78, 5) is 3.01. The van der Waals surface area contributed by atoms with Crippen molar-refractivity contribution in [1.29, 1.82) is 0 Å². The molecule has 2 heteroatoms. The van der Waals surface area contributed by atoms with Crippen LogP contribution in [0.5, 0.6) is 0 Å². The Bertz CT molecular complexity index is 1760. The fraction of sp³-hybridized carbons (Fsp3) is 0.200. The standard InChI is InChI=1S/C25H22N2/c1-15-10-11-21-20(12-15)19-9-5-8-18-13-26-14-22(27(21)25(26)24(18)19)23-16(2)6-4-7-17(23)3/h4-12,14,25H,13H2,1-3H3/i2D3,4D,5D,6D,7D,8D,9D,10D,11D,12D,14D. The van der Waals surface area contributed by atoms with Crippen LogP contribution in [0.25, 0.3) is 16.8 Å². The SMILES string of the molecule is [2H]C1=C(c2c(C)c([2H])c([2H])c([2H])c2C([2H])([2H])[2H])N2c3c([2H])c([2H])c(C)c([2H])c3-c3c([2H])c([2H])c([2H])c4c3C2N1C4. The van der Waals surface area contributed by atoms with E-state index in [4.69, 9.17) is 16.4 Å². The minimum absolute atomic E-state index is 0.0114. The van der Waals surface area contributed by atoms with Crippen molar-refractivity contribution in [1.82, 2.24) is 4.90 Å². The molecule has 3 aliphatic heterocycles. The van der Waals surface area contributed by atoms with E-state index in [0.29, 0.717) is 11.1 Å². The average molecular weight is 364 g/mol. The molecule has 0 bridgehead atoms. The molecule has 0 radical (unpaired) electrons. The molecule has 0 saturated carbocycles. The third-order valence-electron chi connectivity index (χ3n) is 5.32. The highest BCUT2D eigenvalue weighted by atomic mass is 15.4. The van der Waals surface area contributed by atoms with Crippen molar-refractivity contribution in [3.05, 3.63) is 93.9 Å². The summed E-state index contributed by atoms with van der Waals surface area (Å²) >= 11 is 0. The lowest BCUT2D eigenvalue weighted by Gasteiger charge is -2.37. The fourth-order valence-corrected chi connectivity index (χ4v) is 4.22. The van der Waals surface area contributed by atoms with E-state index in [2.05, 4.69) is 0 Å². The van der Waals surface area contributed by atoms with Gasteiger partial charge in [0.2, 0.25) is 0 Å². The Hall–Kier alpha value is -3.00. The van der Waals surface area contributed by atoms with Gasteiger partial charge in [0, 0.05) is 33.5 Å². The van der Waals surface area contributed by atoms with Crippen LogP contribution in [0.1, 0.15) is 57.4 Å². The maximum absolute atomic E-state index is 9.22. The van der Waals surface area contributed by atoms with Gasteiger partial charge in [-0.1, -0.05) is 47.9 Å². The highest BCUT2D eigenvalue weighted by Gasteiger charge is 2.45. The summed E-state index contributed by atoms with van der Waals surface area (Å²) in [6, 6.07) is -3.21. The van der Waals surface area contributed by atoms with Crippen LogP contribution in [0, 0.1) is 20.7 Å². The van der Waals surface area contributed by atoms with Crippen LogP contribution in [0.2, 0.25) is 0 Å². The number of rotatable bonds is 1. The first-order valence-electron chi connectivity index (χ1n) is 15.1. The Morgan fingerprint density at radius 2 is 1.85 bits per heavy atom. The first-order chi connectivity index (χ1) is 18.5. The second-order valence-corrected chi connectivity index (χ2v) is 6.95. The van der Waals surface area contributed by atoms with Gasteiger partial charge in [-0.05, 0) is 55.0 Å². The Kier molecular flexibility index (Phi) is 1.34. The minimum atomic E-state index is -2.90. The van der Waals surface area contributed by atoms with Crippen molar-refractivity contribution < 1.29 is 17.8 Å². The van der Waals surface area contributed by atoms with Crippen LogP contribution in [-0.4, -0.2) is 4.90 Å². The van der Waals surface area contributed by atoms with E-state index in [0.717, 1.165) is 0 Å². The third kappa shape index (κ3) is 1.85. The summed E-state index contributed by atoms with van der Waals surface area (Å²) in [6.07, 6.45) is -1.15. The molecular formula is C25H22N2. The molecule has 0 N–H and O–H groups in total.